The summed E-state index contributed by atoms with van der Waals surface area (Å²) in [5.74, 6) is 6.66. The van der Waals surface area contributed by atoms with Gasteiger partial charge in [0.1, 0.15) is 0 Å². The van der Waals surface area contributed by atoms with Crippen molar-refractivity contribution in [3.8, 4) is 0 Å². The van der Waals surface area contributed by atoms with Crippen molar-refractivity contribution in [2.45, 2.75) is 44.9 Å². The number of rotatable bonds is 7. The number of hydrogen-bond acceptors (Lipinski definition) is 3. The molecule has 0 saturated carbocycles. The molecule has 0 heterocycles. The van der Waals surface area contributed by atoms with Crippen LogP contribution in [0.4, 0.5) is 0 Å². The number of benzene rings is 1. The summed E-state index contributed by atoms with van der Waals surface area (Å²) in [4.78, 5) is 0. The lowest BCUT2D eigenvalue weighted by Crippen LogP contribution is -2.39. The Morgan fingerprint density at radius 3 is 2.24 bits per heavy atom. The van der Waals surface area contributed by atoms with Gasteiger partial charge in [0.2, 0.25) is 0 Å². The van der Waals surface area contributed by atoms with E-state index in [4.69, 9.17) is 5.84 Å². The lowest BCUT2D eigenvalue weighted by molar-refractivity contribution is 0.575. The van der Waals surface area contributed by atoms with Gasteiger partial charge in [-0.05, 0) is 29.2 Å². The molecule has 0 saturated heterocycles. The van der Waals surface area contributed by atoms with Gasteiger partial charge in [0.25, 0.3) is 0 Å². The maximum Gasteiger partial charge on any atom is 0.0341 e. The number of nitrogens with two attached hydrogens (primary N) is 1. The topological polar surface area (TPSA) is 38.0 Å². The second kappa shape index (κ2) is 7.75. The van der Waals surface area contributed by atoms with E-state index in [1.165, 1.54) is 11.1 Å². The van der Waals surface area contributed by atoms with E-state index in [-0.39, 0.29) is 0 Å². The van der Waals surface area contributed by atoms with Crippen LogP contribution in [0, 0.1) is 0 Å². The maximum absolute atomic E-state index is 5.60. The third kappa shape index (κ3) is 5.57. The predicted octanol–water partition coefficient (Wildman–Crippen LogP) is 2.77. The molecule has 1 aromatic carbocycles. The summed E-state index contributed by atoms with van der Waals surface area (Å²) < 4.78 is 0. The predicted molar refractivity (Wildman–Crippen MR) is 78.2 cm³/mol. The lowest BCUT2D eigenvalue weighted by Gasteiger charge is -2.17. The van der Waals surface area contributed by atoms with Crippen LogP contribution in [-0.4, -0.2) is 17.0 Å². The average Bonchev–Trinajstić information content (AvgIpc) is 2.35. The molecule has 0 aliphatic carbocycles. The van der Waals surface area contributed by atoms with E-state index >= 15 is 0 Å². The molecular weight excluding hydrogens is 228 g/mol. The number of hydrogen-bond donors (Lipinski definition) is 2. The molecular formula is C14H24N2S. The van der Waals surface area contributed by atoms with Gasteiger partial charge >= 0.3 is 0 Å². The van der Waals surface area contributed by atoms with Gasteiger partial charge in [0, 0.05) is 11.8 Å². The third-order valence-electron chi connectivity index (χ3n) is 2.78. The van der Waals surface area contributed by atoms with E-state index in [0.717, 1.165) is 18.6 Å². The van der Waals surface area contributed by atoms with Gasteiger partial charge in [0.05, 0.1) is 0 Å². The van der Waals surface area contributed by atoms with Crippen LogP contribution in [0.15, 0.2) is 24.3 Å². The monoisotopic (exact) mass is 252 g/mol. The fourth-order valence-electron chi connectivity index (χ4n) is 1.67. The molecule has 1 aromatic rings. The van der Waals surface area contributed by atoms with Crippen LogP contribution < -0.4 is 11.3 Å². The summed E-state index contributed by atoms with van der Waals surface area (Å²) in [6.07, 6.45) is 2.10. The molecule has 0 aliphatic rings. The fourth-order valence-corrected chi connectivity index (χ4v) is 2.50. The van der Waals surface area contributed by atoms with Crippen LogP contribution >= 0.6 is 11.8 Å². The minimum absolute atomic E-state index is 0.356. The zero-order valence-corrected chi connectivity index (χ0v) is 11.9. The van der Waals surface area contributed by atoms with Crippen LogP contribution in [-0.2, 0) is 12.8 Å². The minimum atomic E-state index is 0.356. The van der Waals surface area contributed by atoms with Crippen molar-refractivity contribution in [2.24, 2.45) is 5.84 Å². The summed E-state index contributed by atoms with van der Waals surface area (Å²) in [5, 5.41) is 0.660. The van der Waals surface area contributed by atoms with Gasteiger partial charge in [-0.25, -0.2) is 0 Å². The molecule has 2 nitrogen and oxygen atoms in total. The van der Waals surface area contributed by atoms with E-state index in [1.807, 2.05) is 11.8 Å². The Labute approximate surface area is 109 Å². The minimum Gasteiger partial charge on any atom is -0.271 e. The zero-order valence-electron chi connectivity index (χ0n) is 11.1. The Morgan fingerprint density at radius 2 is 1.76 bits per heavy atom. The molecule has 1 atom stereocenters. The van der Waals surface area contributed by atoms with Gasteiger partial charge in [-0.15, -0.1) is 0 Å². The van der Waals surface area contributed by atoms with Crippen molar-refractivity contribution in [1.82, 2.24) is 5.43 Å². The van der Waals surface area contributed by atoms with E-state index in [1.54, 1.807) is 0 Å². The van der Waals surface area contributed by atoms with E-state index in [2.05, 4.69) is 50.5 Å². The van der Waals surface area contributed by atoms with Gasteiger partial charge in [-0.2, -0.15) is 11.8 Å². The van der Waals surface area contributed by atoms with Crippen molar-refractivity contribution in [3.05, 3.63) is 35.4 Å². The first-order chi connectivity index (χ1) is 8.15. The summed E-state index contributed by atoms with van der Waals surface area (Å²) in [6.45, 7) is 6.61. The molecule has 17 heavy (non-hydrogen) atoms. The molecule has 96 valence electrons. The Morgan fingerprint density at radius 1 is 1.18 bits per heavy atom. The molecule has 0 spiro atoms. The van der Waals surface area contributed by atoms with Crippen molar-refractivity contribution < 1.29 is 0 Å². The lowest BCUT2D eigenvalue weighted by atomic mass is 10.0. The molecule has 0 radical (unpaired) electrons. The Hall–Kier alpha value is -0.510. The second-order valence-electron chi connectivity index (χ2n) is 4.62. The fraction of sp³-hybridized carbons (Fsp3) is 0.571. The molecule has 3 heteroatoms. The first-order valence-electron chi connectivity index (χ1n) is 6.31. The Balaban J connectivity index is 2.48. The molecule has 0 bridgehead atoms. The molecule has 1 unspecified atom stereocenters. The highest BCUT2D eigenvalue weighted by Gasteiger charge is 2.08. The van der Waals surface area contributed by atoms with Crippen molar-refractivity contribution in [1.29, 1.82) is 0 Å². The number of nitrogens with one attached hydrogen (secondary N) is 1. The van der Waals surface area contributed by atoms with Crippen molar-refractivity contribution >= 4 is 11.8 Å². The van der Waals surface area contributed by atoms with E-state index < -0.39 is 0 Å². The summed E-state index contributed by atoms with van der Waals surface area (Å²) in [7, 11) is 0. The normalized spacial score (nSPS) is 13.0. The van der Waals surface area contributed by atoms with Gasteiger partial charge in [-0.1, -0.05) is 45.0 Å². The second-order valence-corrected chi connectivity index (χ2v) is 6.23. The van der Waals surface area contributed by atoms with Gasteiger partial charge in [-0.3, -0.25) is 11.3 Å². The zero-order chi connectivity index (χ0) is 12.7. The van der Waals surface area contributed by atoms with Crippen LogP contribution in [0.2, 0.25) is 0 Å². The van der Waals surface area contributed by atoms with Crippen molar-refractivity contribution in [2.75, 3.05) is 5.75 Å². The third-order valence-corrected chi connectivity index (χ3v) is 4.04. The molecule has 0 aliphatic heterocycles. The quantitative estimate of drug-likeness (QED) is 0.579. The molecule has 0 amide bonds. The van der Waals surface area contributed by atoms with Crippen molar-refractivity contribution in [3.63, 3.8) is 0 Å². The maximum atomic E-state index is 5.60. The van der Waals surface area contributed by atoms with Gasteiger partial charge < -0.3 is 0 Å². The number of thioether (sulfide) groups is 1. The van der Waals surface area contributed by atoms with Crippen LogP contribution in [0.25, 0.3) is 0 Å². The number of aryl methyl sites for hydroxylation is 1. The highest BCUT2D eigenvalue weighted by Crippen LogP contribution is 2.14. The highest BCUT2D eigenvalue weighted by molar-refractivity contribution is 7.99. The molecule has 0 aromatic heterocycles. The van der Waals surface area contributed by atoms with Crippen LogP contribution in [0.3, 0.4) is 0 Å². The summed E-state index contributed by atoms with van der Waals surface area (Å²) >= 11 is 1.95. The Kier molecular flexibility index (Phi) is 6.63. The standard InChI is InChI=1S/C14H24N2S/c1-4-12-5-7-13(8-6-12)9-14(16-15)10-17-11(2)3/h5-8,11,14,16H,4,9-10,15H2,1-3H3. The van der Waals surface area contributed by atoms with Gasteiger partial charge in [0.15, 0.2) is 0 Å². The first kappa shape index (κ1) is 14.6. The van der Waals surface area contributed by atoms with E-state index in [0.29, 0.717) is 11.3 Å². The highest BCUT2D eigenvalue weighted by atomic mass is 32.2. The van der Waals surface area contributed by atoms with E-state index in [9.17, 15) is 0 Å². The van der Waals surface area contributed by atoms with Crippen LogP contribution in [0.5, 0.6) is 0 Å². The number of hydrazine groups is 1. The smallest absolute Gasteiger partial charge is 0.0341 e. The summed E-state index contributed by atoms with van der Waals surface area (Å²) in [5.41, 5.74) is 5.66. The first-order valence-corrected chi connectivity index (χ1v) is 7.36. The van der Waals surface area contributed by atoms with Crippen LogP contribution in [0.1, 0.15) is 31.9 Å². The molecule has 3 N–H and O–H groups in total. The largest absolute Gasteiger partial charge is 0.271 e. The average molecular weight is 252 g/mol. The molecule has 1 rings (SSSR count). The molecule has 0 fully saturated rings. The Bertz CT molecular complexity index is 309. The SMILES string of the molecule is CCc1ccc(CC(CSC(C)C)NN)cc1. The summed E-state index contributed by atoms with van der Waals surface area (Å²) in [6, 6.07) is 9.19.